The number of amides is 12. The minimum atomic E-state index is -1.65. The van der Waals surface area contributed by atoms with E-state index >= 15 is 9.59 Å². The Balaban J connectivity index is 0. The molecule has 1 aliphatic rings. The van der Waals surface area contributed by atoms with E-state index in [2.05, 4.69) is 21.3 Å². The lowest BCUT2D eigenvalue weighted by Crippen LogP contribution is -2.64. The lowest BCUT2D eigenvalue weighted by molar-refractivity contribution is -0.157. The summed E-state index contributed by atoms with van der Waals surface area (Å²) in [6, 6.07) is -13.6. The molecule has 1 rings (SSSR count). The largest absolute Gasteiger partial charge is 0.390 e. The lowest BCUT2D eigenvalue weighted by Gasteiger charge is -2.41. The van der Waals surface area contributed by atoms with Crippen molar-refractivity contribution in [3.05, 3.63) is 12.2 Å². The second-order valence-electron chi connectivity index (χ2n) is 25.7. The van der Waals surface area contributed by atoms with Crippen molar-refractivity contribution in [2.75, 3.05) is 49.3 Å². The number of aliphatic hydroxyl groups excluding tert-OH is 1. The molecule has 0 aromatic carbocycles. The first kappa shape index (κ1) is 75.9. The quantitative estimate of drug-likeness (QED) is 0.143. The summed E-state index contributed by atoms with van der Waals surface area (Å²) in [4.78, 5) is 168. The van der Waals surface area contributed by atoms with Crippen LogP contribution in [0.1, 0.15) is 159 Å². The molecular weight excluding hydrogens is 1080 g/mol. The number of hydrogen-bond acceptors (Lipinski definition) is 12. The number of allylic oxidation sites excluding steroid dienone is 2. The predicted octanol–water partition coefficient (Wildman–Crippen LogP) is 4.35. The van der Waals surface area contributed by atoms with Gasteiger partial charge in [-0.3, -0.25) is 52.8 Å². The summed E-state index contributed by atoms with van der Waals surface area (Å²) < 4.78 is 0. The topological polar surface area (TPSA) is 279 Å². The molecule has 0 aromatic rings. The Labute approximate surface area is 505 Å². The first-order valence-electron chi connectivity index (χ1n) is 30.1. The maximum absolute atomic E-state index is 15.1. The standard InChI is InChI=1S/C61H109N11O12.2H2/c1-25-27-28-39(15)50(73)49-54(77)64-42(26-2)56(79)72(24)61(84)69(21)44(30-34(5)6)53(76)65-47(37(11)12)59(82)66(18)43(29-33(3)4)52(75)62-40(16)51(74)63-41(17)55(78)67(19)45(31-35(7)8)57(80)68(20)46(32-36(9)10)58(81)70(22)48(38(13)14)60(83)71(49)23;;/h25,27,33-50,73H,26,28-32H2,1-24H3,(H,62,75)(H,63,74)(H,64,77)(H,65,76);2*1H/b27-25+;;. The summed E-state index contributed by atoms with van der Waals surface area (Å²) in [5.74, 6) is -9.57. The summed E-state index contributed by atoms with van der Waals surface area (Å²) in [5, 5.41) is 23.0. The van der Waals surface area contributed by atoms with Crippen LogP contribution in [0.15, 0.2) is 12.2 Å². The minimum absolute atomic E-state index is 0. The fourth-order valence-electron chi connectivity index (χ4n) is 10.5. The molecule has 23 nitrogen and oxygen atoms in total. The van der Waals surface area contributed by atoms with Crippen LogP contribution >= 0.6 is 0 Å². The molecule has 0 bridgehead atoms. The highest BCUT2D eigenvalue weighted by molar-refractivity contribution is 6.02. The van der Waals surface area contributed by atoms with E-state index in [-0.39, 0.29) is 58.6 Å². The van der Waals surface area contributed by atoms with E-state index in [9.17, 15) is 48.3 Å². The zero-order chi connectivity index (χ0) is 65.3. The fourth-order valence-corrected chi connectivity index (χ4v) is 10.5. The molecule has 1 fully saturated rings. The first-order valence-corrected chi connectivity index (χ1v) is 30.1. The van der Waals surface area contributed by atoms with Crippen molar-refractivity contribution >= 4 is 65.1 Å². The van der Waals surface area contributed by atoms with Gasteiger partial charge in [0, 0.05) is 52.2 Å². The number of nitrogens with one attached hydrogen (secondary N) is 4. The molecule has 0 saturated carbocycles. The minimum Gasteiger partial charge on any atom is -0.390 e. The summed E-state index contributed by atoms with van der Waals surface area (Å²) in [6.45, 7) is 29.7. The molecule has 0 spiro atoms. The molecule has 1 saturated heterocycles. The van der Waals surface area contributed by atoms with Gasteiger partial charge in [-0.25, -0.2) is 4.79 Å². The Morgan fingerprint density at radius 3 is 1.30 bits per heavy atom. The van der Waals surface area contributed by atoms with Gasteiger partial charge in [0.05, 0.1) is 6.10 Å². The number of likely N-dealkylation sites (N-methyl/N-ethyl adjacent to an activating group) is 7. The highest BCUT2D eigenvalue weighted by Crippen LogP contribution is 2.26. The van der Waals surface area contributed by atoms with Crippen LogP contribution in [0.2, 0.25) is 0 Å². The third-order valence-corrected chi connectivity index (χ3v) is 15.9. The molecule has 1 heterocycles. The van der Waals surface area contributed by atoms with Gasteiger partial charge in [0.15, 0.2) is 0 Å². The number of carbonyl (C=O) groups is 11. The summed E-state index contributed by atoms with van der Waals surface area (Å²) in [7, 11) is 9.63. The van der Waals surface area contributed by atoms with Gasteiger partial charge in [-0.2, -0.15) is 0 Å². The summed E-state index contributed by atoms with van der Waals surface area (Å²) >= 11 is 0. The zero-order valence-corrected chi connectivity index (χ0v) is 55.4. The maximum Gasteiger partial charge on any atom is 0.326 e. The molecular formula is C61H113N11O12. The smallest absolute Gasteiger partial charge is 0.326 e. The average Bonchev–Trinajstić information content (AvgIpc) is 1.35. The molecule has 12 amide bonds. The van der Waals surface area contributed by atoms with Gasteiger partial charge in [-0.05, 0) is 101 Å². The van der Waals surface area contributed by atoms with E-state index in [1.54, 1.807) is 60.6 Å². The number of urea groups is 1. The lowest BCUT2D eigenvalue weighted by atomic mass is 9.91. The van der Waals surface area contributed by atoms with Crippen molar-refractivity contribution in [1.29, 1.82) is 0 Å². The van der Waals surface area contributed by atoms with Crippen LogP contribution in [0, 0.1) is 41.4 Å². The Morgan fingerprint density at radius 1 is 0.452 bits per heavy atom. The molecule has 23 heteroatoms. The molecule has 484 valence electrons. The van der Waals surface area contributed by atoms with Crippen molar-refractivity contribution in [3.63, 3.8) is 0 Å². The van der Waals surface area contributed by atoms with Crippen LogP contribution in [0.25, 0.3) is 0 Å². The van der Waals surface area contributed by atoms with Crippen molar-refractivity contribution in [1.82, 2.24) is 55.6 Å². The van der Waals surface area contributed by atoms with E-state index in [1.807, 2.05) is 55.4 Å². The van der Waals surface area contributed by atoms with Crippen molar-refractivity contribution in [2.24, 2.45) is 41.4 Å². The highest BCUT2D eigenvalue weighted by atomic mass is 16.3. The highest BCUT2D eigenvalue weighted by Gasteiger charge is 2.46. The second-order valence-corrected chi connectivity index (χ2v) is 25.7. The van der Waals surface area contributed by atoms with E-state index < -0.39 is 149 Å². The van der Waals surface area contributed by atoms with Crippen LogP contribution < -0.4 is 21.3 Å². The van der Waals surface area contributed by atoms with Gasteiger partial charge < -0.3 is 55.8 Å². The van der Waals surface area contributed by atoms with Gasteiger partial charge in [0.25, 0.3) is 5.91 Å². The van der Waals surface area contributed by atoms with Crippen molar-refractivity contribution < 1.29 is 60.7 Å². The van der Waals surface area contributed by atoms with Crippen LogP contribution in [0.3, 0.4) is 0 Å². The number of aliphatic hydroxyl groups is 1. The summed E-state index contributed by atoms with van der Waals surface area (Å²) in [6.07, 6.45) is 2.81. The van der Waals surface area contributed by atoms with Crippen LogP contribution in [-0.2, 0) is 47.9 Å². The third kappa shape index (κ3) is 20.5. The van der Waals surface area contributed by atoms with Crippen LogP contribution in [-0.4, -0.2) is 220 Å². The predicted molar refractivity (Wildman–Crippen MR) is 328 cm³/mol. The number of carbonyl (C=O) groups excluding carboxylic acids is 11. The SMILES string of the molecule is C/C=C/CC(C)C(O)C1C(=O)NC(CC)C(=O)N(C)C(=O)N(C)C(CC(C)C)C(=O)NC(C(C)C)C(=O)N(C)C(CC(C)C)C(=O)NC(C)C(=O)NC(C)C(=O)N(C)C(CC(C)C)C(=O)N(C)C(CC(C)C)C(=O)N(C)C(C(C)C)C(=O)N1C.[HH].[HH]. The number of hydrogen-bond donors (Lipinski definition) is 5. The Hall–Kier alpha value is -6.13. The molecule has 12 unspecified atom stereocenters. The van der Waals surface area contributed by atoms with Gasteiger partial charge in [0.1, 0.15) is 60.4 Å². The Morgan fingerprint density at radius 2 is 0.857 bits per heavy atom. The zero-order valence-electron chi connectivity index (χ0n) is 55.4. The Bertz CT molecular complexity index is 2320. The molecule has 5 N–H and O–H groups in total. The van der Waals surface area contributed by atoms with E-state index in [4.69, 9.17) is 0 Å². The number of imide groups is 1. The maximum atomic E-state index is 15.1. The van der Waals surface area contributed by atoms with Gasteiger partial charge >= 0.3 is 6.03 Å². The summed E-state index contributed by atoms with van der Waals surface area (Å²) in [5.41, 5.74) is 0. The number of nitrogens with zero attached hydrogens (tertiary/aromatic N) is 7. The second kappa shape index (κ2) is 34.1. The Kier molecular flexibility index (Phi) is 30.8. The van der Waals surface area contributed by atoms with E-state index in [1.165, 1.54) is 82.8 Å². The molecule has 0 radical (unpaired) electrons. The van der Waals surface area contributed by atoms with Crippen molar-refractivity contribution in [3.8, 4) is 0 Å². The van der Waals surface area contributed by atoms with Crippen LogP contribution in [0.4, 0.5) is 4.79 Å². The fraction of sp³-hybridized carbons (Fsp3) is 0.787. The van der Waals surface area contributed by atoms with Crippen LogP contribution in [0.5, 0.6) is 0 Å². The molecule has 0 aromatic heterocycles. The van der Waals surface area contributed by atoms with Gasteiger partial charge in [-0.15, -0.1) is 0 Å². The average molecular weight is 1190 g/mol. The molecule has 1 aliphatic heterocycles. The van der Waals surface area contributed by atoms with Crippen molar-refractivity contribution in [2.45, 2.75) is 223 Å². The van der Waals surface area contributed by atoms with E-state index in [0.717, 1.165) is 14.7 Å². The van der Waals surface area contributed by atoms with E-state index in [0.29, 0.717) is 6.42 Å². The normalized spacial score (nSPS) is 26.9. The third-order valence-electron chi connectivity index (χ3n) is 15.9. The number of rotatable bonds is 15. The molecule has 12 atom stereocenters. The molecule has 0 aliphatic carbocycles. The van der Waals surface area contributed by atoms with Gasteiger partial charge in [0.2, 0.25) is 53.2 Å². The first-order chi connectivity index (χ1) is 38.7. The monoisotopic (exact) mass is 1190 g/mol. The molecule has 84 heavy (non-hydrogen) atoms. The van der Waals surface area contributed by atoms with Gasteiger partial charge in [-0.1, -0.05) is 109 Å².